The summed E-state index contributed by atoms with van der Waals surface area (Å²) in [6, 6.07) is 17.8. The minimum Gasteiger partial charge on any atom is -0.316 e. The average molecular weight is 305 g/mol. The summed E-state index contributed by atoms with van der Waals surface area (Å²) in [7, 11) is 0. The van der Waals surface area contributed by atoms with Crippen molar-refractivity contribution >= 4 is 6.08 Å². The molecule has 1 aliphatic rings. The maximum atomic E-state index is 3.57. The Kier molecular flexibility index (Phi) is 5.30. The molecule has 0 radical (unpaired) electrons. The summed E-state index contributed by atoms with van der Waals surface area (Å²) < 4.78 is 0. The Hall–Kier alpha value is -1.86. The van der Waals surface area contributed by atoms with Crippen LogP contribution < -0.4 is 5.32 Å². The lowest BCUT2D eigenvalue weighted by molar-refractivity contribution is 0.638. The third kappa shape index (κ3) is 3.56. The van der Waals surface area contributed by atoms with Crippen LogP contribution in [0.2, 0.25) is 0 Å². The first-order valence-corrected chi connectivity index (χ1v) is 8.87. The van der Waals surface area contributed by atoms with Crippen LogP contribution >= 0.6 is 0 Å². The second-order valence-corrected chi connectivity index (χ2v) is 6.50. The molecule has 0 amide bonds. The van der Waals surface area contributed by atoms with Crippen LogP contribution in [0.25, 0.3) is 6.08 Å². The van der Waals surface area contributed by atoms with E-state index in [9.17, 15) is 0 Å². The summed E-state index contributed by atoms with van der Waals surface area (Å²) >= 11 is 0. The molecule has 0 saturated carbocycles. The van der Waals surface area contributed by atoms with E-state index in [1.807, 2.05) is 0 Å². The van der Waals surface area contributed by atoms with Gasteiger partial charge in [0, 0.05) is 5.92 Å². The van der Waals surface area contributed by atoms with Crippen molar-refractivity contribution in [3.8, 4) is 0 Å². The first-order chi connectivity index (χ1) is 11.3. The number of allylic oxidation sites excluding steroid dienone is 1. The highest BCUT2D eigenvalue weighted by molar-refractivity contribution is 5.69. The molecule has 0 aliphatic heterocycles. The van der Waals surface area contributed by atoms with Gasteiger partial charge >= 0.3 is 0 Å². The molecule has 1 heteroatoms. The van der Waals surface area contributed by atoms with E-state index in [-0.39, 0.29) is 0 Å². The van der Waals surface area contributed by atoms with Gasteiger partial charge in [0.1, 0.15) is 0 Å². The Morgan fingerprint density at radius 1 is 0.913 bits per heavy atom. The molecular weight excluding hydrogens is 278 g/mol. The fraction of sp³-hybridized carbons (Fsp3) is 0.364. The summed E-state index contributed by atoms with van der Waals surface area (Å²) in [5.74, 6) is 0.429. The zero-order valence-corrected chi connectivity index (χ0v) is 14.3. The van der Waals surface area contributed by atoms with Crippen LogP contribution in [0.1, 0.15) is 54.9 Å². The highest BCUT2D eigenvalue weighted by atomic mass is 14.8. The van der Waals surface area contributed by atoms with E-state index in [4.69, 9.17) is 0 Å². The minimum absolute atomic E-state index is 0.429. The third-order valence-electron chi connectivity index (χ3n) is 4.79. The van der Waals surface area contributed by atoms with Crippen molar-refractivity contribution in [3.63, 3.8) is 0 Å². The number of benzene rings is 2. The van der Waals surface area contributed by atoms with Gasteiger partial charge in [-0.05, 0) is 55.1 Å². The van der Waals surface area contributed by atoms with E-state index >= 15 is 0 Å². The lowest BCUT2D eigenvalue weighted by Crippen LogP contribution is -2.19. The topological polar surface area (TPSA) is 12.0 Å². The van der Waals surface area contributed by atoms with Gasteiger partial charge in [-0.3, -0.25) is 0 Å². The van der Waals surface area contributed by atoms with Gasteiger partial charge < -0.3 is 5.32 Å². The normalized spacial score (nSPS) is 16.3. The highest BCUT2D eigenvalue weighted by Gasteiger charge is 2.25. The monoisotopic (exact) mass is 305 g/mol. The van der Waals surface area contributed by atoms with Gasteiger partial charge in [0.25, 0.3) is 0 Å². The lowest BCUT2D eigenvalue weighted by Gasteiger charge is -2.19. The molecule has 1 nitrogen and oxygen atoms in total. The fourth-order valence-corrected chi connectivity index (χ4v) is 3.59. The molecule has 0 spiro atoms. The van der Waals surface area contributed by atoms with Crippen molar-refractivity contribution in [1.82, 2.24) is 5.32 Å². The van der Waals surface area contributed by atoms with Gasteiger partial charge in [0.05, 0.1) is 0 Å². The largest absolute Gasteiger partial charge is 0.316 e. The quantitative estimate of drug-likeness (QED) is 0.696. The van der Waals surface area contributed by atoms with Crippen molar-refractivity contribution in [1.29, 1.82) is 0 Å². The molecule has 0 heterocycles. The molecule has 3 rings (SSSR count). The maximum absolute atomic E-state index is 3.57. The predicted molar refractivity (Wildman–Crippen MR) is 99.9 cm³/mol. The average Bonchev–Trinajstić information content (AvgIpc) is 2.91. The van der Waals surface area contributed by atoms with E-state index in [0.717, 1.165) is 19.5 Å². The number of hydrogen-bond donors (Lipinski definition) is 1. The molecule has 1 aliphatic carbocycles. The summed E-state index contributed by atoms with van der Waals surface area (Å²) in [5.41, 5.74) is 7.24. The third-order valence-corrected chi connectivity index (χ3v) is 4.79. The summed E-state index contributed by atoms with van der Waals surface area (Å²) in [4.78, 5) is 0. The molecule has 120 valence electrons. The Labute approximate surface area is 140 Å². The van der Waals surface area contributed by atoms with Crippen LogP contribution in [0.15, 0.2) is 54.1 Å². The molecule has 1 unspecified atom stereocenters. The SMILES string of the molecule is CCCCNCCc1ccccc1C1C(C)=Cc2ccccc21. The van der Waals surface area contributed by atoms with E-state index < -0.39 is 0 Å². The van der Waals surface area contributed by atoms with Gasteiger partial charge in [0.2, 0.25) is 0 Å². The molecule has 1 atom stereocenters. The van der Waals surface area contributed by atoms with Crippen molar-refractivity contribution in [3.05, 3.63) is 76.4 Å². The minimum atomic E-state index is 0.429. The van der Waals surface area contributed by atoms with E-state index in [1.165, 1.54) is 40.7 Å². The Morgan fingerprint density at radius 2 is 1.65 bits per heavy atom. The molecule has 0 fully saturated rings. The van der Waals surface area contributed by atoms with Gasteiger partial charge in [-0.1, -0.05) is 73.5 Å². The van der Waals surface area contributed by atoms with Gasteiger partial charge in [-0.2, -0.15) is 0 Å². The number of nitrogens with one attached hydrogen (secondary N) is 1. The van der Waals surface area contributed by atoms with Crippen molar-refractivity contribution in [2.45, 2.75) is 39.0 Å². The Balaban J connectivity index is 1.80. The fourth-order valence-electron chi connectivity index (χ4n) is 3.59. The molecule has 0 aromatic heterocycles. The van der Waals surface area contributed by atoms with Crippen molar-refractivity contribution < 1.29 is 0 Å². The number of fused-ring (bicyclic) bond motifs is 1. The summed E-state index contributed by atoms with van der Waals surface area (Å²) in [5, 5.41) is 3.57. The smallest absolute Gasteiger partial charge is 0.0308 e. The second-order valence-electron chi connectivity index (χ2n) is 6.50. The summed E-state index contributed by atoms with van der Waals surface area (Å²) in [6.45, 7) is 6.70. The number of hydrogen-bond acceptors (Lipinski definition) is 1. The molecule has 2 aromatic carbocycles. The molecule has 23 heavy (non-hydrogen) atoms. The van der Waals surface area contributed by atoms with Crippen LogP contribution in [0, 0.1) is 0 Å². The lowest BCUT2D eigenvalue weighted by atomic mass is 9.85. The van der Waals surface area contributed by atoms with Gasteiger partial charge in [-0.15, -0.1) is 0 Å². The standard InChI is InChI=1S/C22H27N/c1-3-4-14-23-15-13-18-9-5-7-11-20(18)22-17(2)16-19-10-6-8-12-21(19)22/h5-12,16,22-23H,3-4,13-15H2,1-2H3. The predicted octanol–water partition coefficient (Wildman–Crippen LogP) is 5.17. The molecule has 1 N–H and O–H groups in total. The van der Waals surface area contributed by atoms with Gasteiger partial charge in [0.15, 0.2) is 0 Å². The molecule has 0 bridgehead atoms. The molecule has 0 saturated heterocycles. The van der Waals surface area contributed by atoms with E-state index in [0.29, 0.717) is 5.92 Å². The van der Waals surface area contributed by atoms with Crippen molar-refractivity contribution in [2.75, 3.05) is 13.1 Å². The second kappa shape index (κ2) is 7.61. The molecular formula is C22H27N. The van der Waals surface area contributed by atoms with E-state index in [2.05, 4.69) is 73.8 Å². The van der Waals surface area contributed by atoms with Crippen LogP contribution in [0.5, 0.6) is 0 Å². The van der Waals surface area contributed by atoms with Crippen LogP contribution in [-0.4, -0.2) is 13.1 Å². The zero-order valence-electron chi connectivity index (χ0n) is 14.3. The van der Waals surface area contributed by atoms with Gasteiger partial charge in [-0.25, -0.2) is 0 Å². The van der Waals surface area contributed by atoms with E-state index in [1.54, 1.807) is 0 Å². The summed E-state index contributed by atoms with van der Waals surface area (Å²) in [6.07, 6.45) is 5.97. The van der Waals surface area contributed by atoms with Crippen molar-refractivity contribution in [2.24, 2.45) is 0 Å². The Morgan fingerprint density at radius 3 is 2.48 bits per heavy atom. The first kappa shape index (κ1) is 16.0. The number of rotatable bonds is 7. The number of unbranched alkanes of at least 4 members (excludes halogenated alkanes) is 1. The first-order valence-electron chi connectivity index (χ1n) is 8.87. The molecule has 2 aromatic rings. The van der Waals surface area contributed by atoms with Crippen LogP contribution in [-0.2, 0) is 6.42 Å². The van der Waals surface area contributed by atoms with Crippen LogP contribution in [0.3, 0.4) is 0 Å². The maximum Gasteiger partial charge on any atom is 0.0308 e. The highest BCUT2D eigenvalue weighted by Crippen LogP contribution is 2.41. The van der Waals surface area contributed by atoms with Crippen LogP contribution in [0.4, 0.5) is 0 Å². The Bertz CT molecular complexity index is 684. The zero-order chi connectivity index (χ0) is 16.1.